The van der Waals surface area contributed by atoms with Gasteiger partial charge in [-0.15, -0.1) is 0 Å². The van der Waals surface area contributed by atoms with Gasteiger partial charge in [0.15, 0.2) is 14.1 Å². The average molecular weight is 327 g/mol. The van der Waals surface area contributed by atoms with Crippen LogP contribution in [0.4, 0.5) is 0 Å². The molecule has 0 amide bonds. The zero-order valence-electron chi connectivity index (χ0n) is 14.9. The molecule has 5 nitrogen and oxygen atoms in total. The first-order chi connectivity index (χ1) is 9.97. The zero-order valence-corrected chi connectivity index (χ0v) is 15.9. The van der Waals surface area contributed by atoms with E-state index in [9.17, 15) is 0 Å². The van der Waals surface area contributed by atoms with Crippen molar-refractivity contribution >= 4 is 8.32 Å². The van der Waals surface area contributed by atoms with E-state index in [0.29, 0.717) is 13.0 Å². The van der Waals surface area contributed by atoms with Gasteiger partial charge in [-0.3, -0.25) is 0 Å². The molecular formula is C16H30N2O3Si. The van der Waals surface area contributed by atoms with E-state index in [-0.39, 0.29) is 29.3 Å². The fraction of sp³-hybridized carbons (Fsp3) is 0.938. The minimum atomic E-state index is -1.79. The summed E-state index contributed by atoms with van der Waals surface area (Å²) in [5, 5.41) is 12.7. The van der Waals surface area contributed by atoms with Gasteiger partial charge >= 0.3 is 0 Å². The minimum Gasteiger partial charge on any atom is -0.415 e. The van der Waals surface area contributed by atoms with Crippen molar-refractivity contribution < 1.29 is 13.9 Å². The molecule has 2 fully saturated rings. The largest absolute Gasteiger partial charge is 0.415 e. The first-order valence-electron chi connectivity index (χ1n) is 8.09. The van der Waals surface area contributed by atoms with Crippen LogP contribution in [0.15, 0.2) is 0 Å². The maximum absolute atomic E-state index is 9.02. The maximum Gasteiger partial charge on any atom is 0.192 e. The molecular weight excluding hydrogens is 296 g/mol. The van der Waals surface area contributed by atoms with Gasteiger partial charge in [-0.1, -0.05) is 20.8 Å². The summed E-state index contributed by atoms with van der Waals surface area (Å²) >= 11 is 0. The lowest BCUT2D eigenvalue weighted by Crippen LogP contribution is -2.47. The third-order valence-corrected chi connectivity index (χ3v) is 9.63. The maximum atomic E-state index is 9.02. The third kappa shape index (κ3) is 3.55. The van der Waals surface area contributed by atoms with Gasteiger partial charge in [0.25, 0.3) is 0 Å². The van der Waals surface area contributed by atoms with Gasteiger partial charge in [0.1, 0.15) is 12.2 Å². The molecule has 0 aromatic carbocycles. The molecule has 0 bridgehead atoms. The van der Waals surface area contributed by atoms with Gasteiger partial charge in [-0.05, 0) is 32.0 Å². The van der Waals surface area contributed by atoms with E-state index in [1.165, 1.54) is 0 Å². The quantitative estimate of drug-likeness (QED) is 0.805. The topological polar surface area (TPSA) is 63.5 Å². The highest BCUT2D eigenvalue weighted by Crippen LogP contribution is 2.39. The van der Waals surface area contributed by atoms with Crippen molar-refractivity contribution in [2.75, 3.05) is 6.61 Å². The predicted octanol–water partition coefficient (Wildman–Crippen LogP) is 2.78. The van der Waals surface area contributed by atoms with Crippen LogP contribution >= 0.6 is 0 Å². The van der Waals surface area contributed by atoms with E-state index in [1.54, 1.807) is 0 Å². The summed E-state index contributed by atoms with van der Waals surface area (Å²) in [6.45, 7) is 15.7. The van der Waals surface area contributed by atoms with E-state index < -0.39 is 14.1 Å². The Hall–Kier alpha value is -0.453. The number of nitrogens with one attached hydrogen (secondary N) is 1. The number of hydrogen-bond donors (Lipinski definition) is 1. The van der Waals surface area contributed by atoms with Crippen LogP contribution in [0.1, 0.15) is 41.0 Å². The minimum absolute atomic E-state index is 0.0183. The Bertz CT molecular complexity index is 453. The molecule has 2 saturated heterocycles. The van der Waals surface area contributed by atoms with Crippen molar-refractivity contribution in [3.8, 4) is 6.07 Å². The molecule has 4 atom stereocenters. The van der Waals surface area contributed by atoms with Crippen molar-refractivity contribution in [2.24, 2.45) is 0 Å². The standard InChI is InChI=1S/C16H30N2O3Si/c1-15(2,3)22(6,7)19-10-12-14-13(11(18-12)8-9-17)20-16(4,5)21-14/h11-14,18H,8,10H2,1-7H3/t11-,12+,13+,14+/m0/s1. The van der Waals surface area contributed by atoms with Crippen molar-refractivity contribution in [3.05, 3.63) is 0 Å². The summed E-state index contributed by atoms with van der Waals surface area (Å²) in [5.41, 5.74) is 0. The number of ether oxygens (including phenoxy) is 2. The summed E-state index contributed by atoms with van der Waals surface area (Å²) < 4.78 is 18.4. The van der Waals surface area contributed by atoms with Crippen LogP contribution in [0.2, 0.25) is 18.1 Å². The number of rotatable bonds is 4. The van der Waals surface area contributed by atoms with Crippen LogP contribution in [0.5, 0.6) is 0 Å². The molecule has 2 rings (SSSR count). The molecule has 0 unspecified atom stereocenters. The second kappa shape index (κ2) is 5.88. The van der Waals surface area contributed by atoms with E-state index in [1.807, 2.05) is 13.8 Å². The van der Waals surface area contributed by atoms with Crippen molar-refractivity contribution in [1.29, 1.82) is 5.26 Å². The second-order valence-corrected chi connectivity index (χ2v) is 13.2. The van der Waals surface area contributed by atoms with E-state index in [2.05, 4.69) is 45.3 Å². The molecule has 0 radical (unpaired) electrons. The molecule has 0 saturated carbocycles. The monoisotopic (exact) mass is 326 g/mol. The van der Waals surface area contributed by atoms with Crippen LogP contribution in [0, 0.1) is 11.3 Å². The molecule has 2 aliphatic rings. The molecule has 0 aromatic rings. The van der Waals surface area contributed by atoms with Crippen molar-refractivity contribution in [2.45, 2.75) is 89.3 Å². The van der Waals surface area contributed by atoms with Gasteiger partial charge in [-0.25, -0.2) is 0 Å². The Morgan fingerprint density at radius 3 is 2.23 bits per heavy atom. The van der Waals surface area contributed by atoms with Crippen LogP contribution in [0.3, 0.4) is 0 Å². The fourth-order valence-electron chi connectivity index (χ4n) is 2.84. The number of hydrogen-bond acceptors (Lipinski definition) is 5. The smallest absolute Gasteiger partial charge is 0.192 e. The molecule has 1 N–H and O–H groups in total. The highest BCUT2D eigenvalue weighted by molar-refractivity contribution is 6.74. The molecule has 2 aliphatic heterocycles. The highest BCUT2D eigenvalue weighted by Gasteiger charge is 2.54. The summed E-state index contributed by atoms with van der Waals surface area (Å²) in [7, 11) is -1.79. The predicted molar refractivity (Wildman–Crippen MR) is 87.9 cm³/mol. The van der Waals surface area contributed by atoms with Crippen LogP contribution in [0.25, 0.3) is 0 Å². The van der Waals surface area contributed by atoms with E-state index in [4.69, 9.17) is 19.2 Å². The number of nitrogens with zero attached hydrogens (tertiary/aromatic N) is 1. The Morgan fingerprint density at radius 1 is 1.18 bits per heavy atom. The summed E-state index contributed by atoms with van der Waals surface area (Å²) in [6, 6.07) is 2.34. The van der Waals surface area contributed by atoms with Crippen LogP contribution in [-0.2, 0) is 13.9 Å². The molecule has 6 heteroatoms. The van der Waals surface area contributed by atoms with Gasteiger partial charge < -0.3 is 19.2 Å². The lowest BCUT2D eigenvalue weighted by Gasteiger charge is -2.37. The first kappa shape index (κ1) is 17.9. The van der Waals surface area contributed by atoms with Crippen molar-refractivity contribution in [3.63, 3.8) is 0 Å². The van der Waals surface area contributed by atoms with Crippen molar-refractivity contribution in [1.82, 2.24) is 5.32 Å². The summed E-state index contributed by atoms with van der Waals surface area (Å²) in [6.07, 6.45) is 0.317. The zero-order chi connectivity index (χ0) is 16.8. The van der Waals surface area contributed by atoms with Gasteiger partial charge in [0.05, 0.1) is 25.1 Å². The lowest BCUT2D eigenvalue weighted by molar-refractivity contribution is -0.157. The van der Waals surface area contributed by atoms with Gasteiger partial charge in [-0.2, -0.15) is 5.26 Å². The second-order valence-electron chi connectivity index (χ2n) is 8.38. The molecule has 0 spiro atoms. The van der Waals surface area contributed by atoms with Gasteiger partial charge in [0, 0.05) is 6.04 Å². The Kier molecular flexibility index (Phi) is 4.78. The average Bonchev–Trinajstić information content (AvgIpc) is 2.81. The Labute approximate surface area is 135 Å². The van der Waals surface area contributed by atoms with E-state index in [0.717, 1.165) is 0 Å². The molecule has 2 heterocycles. The Morgan fingerprint density at radius 2 is 1.73 bits per heavy atom. The summed E-state index contributed by atoms with van der Waals surface area (Å²) in [5.74, 6) is -0.583. The first-order valence-corrected chi connectivity index (χ1v) is 11.0. The highest BCUT2D eigenvalue weighted by atomic mass is 28.4. The third-order valence-electron chi connectivity index (χ3n) is 5.13. The van der Waals surface area contributed by atoms with Crippen LogP contribution < -0.4 is 5.32 Å². The molecule has 22 heavy (non-hydrogen) atoms. The van der Waals surface area contributed by atoms with E-state index >= 15 is 0 Å². The summed E-state index contributed by atoms with van der Waals surface area (Å²) in [4.78, 5) is 0. The van der Waals surface area contributed by atoms with Crippen LogP contribution in [-0.4, -0.2) is 45.0 Å². The molecule has 0 aliphatic carbocycles. The lowest BCUT2D eigenvalue weighted by atomic mass is 10.1. The normalized spacial score (nSPS) is 34.5. The number of fused-ring (bicyclic) bond motifs is 1. The molecule has 126 valence electrons. The fourth-order valence-corrected chi connectivity index (χ4v) is 3.86. The number of nitriles is 1. The Balaban J connectivity index is 2.04. The SMILES string of the molecule is CC1(C)O[C@H]2[C@H](O1)[C@@H](CO[Si](C)(C)C(C)(C)C)N[C@H]2CC#N. The molecule has 0 aromatic heterocycles. The van der Waals surface area contributed by atoms with Gasteiger partial charge in [0.2, 0.25) is 0 Å².